The number of likely N-dealkylation sites (tertiary alicyclic amines) is 1. The van der Waals surface area contributed by atoms with Crippen molar-refractivity contribution in [1.82, 2.24) is 9.47 Å². The van der Waals surface area contributed by atoms with Crippen molar-refractivity contribution in [3.63, 3.8) is 0 Å². The first kappa shape index (κ1) is 38.6. The van der Waals surface area contributed by atoms with Crippen LogP contribution in [0.3, 0.4) is 0 Å². The highest BCUT2D eigenvalue weighted by Crippen LogP contribution is 2.54. The lowest BCUT2D eigenvalue weighted by molar-refractivity contribution is -0.462. The Labute approximate surface area is 346 Å². The highest BCUT2D eigenvalue weighted by Gasteiger charge is 2.51. The highest BCUT2D eigenvalue weighted by molar-refractivity contribution is 5.63. The number of aromatic nitrogens is 1. The molecule has 0 aromatic carbocycles. The van der Waals surface area contributed by atoms with Crippen LogP contribution in [-0.2, 0) is 19.3 Å². The van der Waals surface area contributed by atoms with Gasteiger partial charge in [0, 0.05) is 47.9 Å². The number of allylic oxidation sites excluding steroid dienone is 5. The van der Waals surface area contributed by atoms with Crippen LogP contribution in [0.4, 0.5) is 0 Å². The van der Waals surface area contributed by atoms with E-state index in [-0.39, 0.29) is 0 Å². The Bertz CT molecular complexity index is 1800. The molecule has 9 unspecified atom stereocenters. The Kier molecular flexibility index (Phi) is 11.6. The standard InChI is InChI=1S/C53H74N4/c54-34-36-29-31-37(32-30-36)39-15-1-3-17-41(39)43-19-5-6-20-44(43)42-18-4-2-16-40(42)38(35-56-49-25-11-7-21-45(49)46-22-8-12-26-50(46)56)33-53(55)57-51-27-13-9-23-47(51)48-24-10-14-28-52(48)57/h9,11,13,23,25,27,35-37,40,42-44,47-48,51-53H,1-8,10,12,14-22,24,26,28-33,55H2/p+1. The summed E-state index contributed by atoms with van der Waals surface area (Å²) in [6.07, 6.45) is 53.9. The molecule has 4 saturated carbocycles. The summed E-state index contributed by atoms with van der Waals surface area (Å²) in [5.74, 6) is 5.60. The fourth-order valence-electron chi connectivity index (χ4n) is 15.4. The Morgan fingerprint density at radius 1 is 0.719 bits per heavy atom. The van der Waals surface area contributed by atoms with E-state index >= 15 is 0 Å². The molecule has 4 heteroatoms. The molecular formula is C53H75N4+. The smallest absolute Gasteiger partial charge is 0.145 e. The lowest BCUT2D eigenvalue weighted by Crippen LogP contribution is -2.71. The number of hydrogen-bond acceptors (Lipinski definition) is 2. The molecule has 0 radical (unpaired) electrons. The van der Waals surface area contributed by atoms with Crippen molar-refractivity contribution in [3.05, 3.63) is 69.6 Å². The summed E-state index contributed by atoms with van der Waals surface area (Å²) < 4.78 is 2.80. The molecule has 0 bridgehead atoms. The van der Waals surface area contributed by atoms with Gasteiger partial charge >= 0.3 is 0 Å². The maximum atomic E-state index is 9.72. The quantitative estimate of drug-likeness (QED) is 0.268. The van der Waals surface area contributed by atoms with Gasteiger partial charge in [-0.25, -0.2) is 4.90 Å². The van der Waals surface area contributed by atoms with Crippen LogP contribution in [0.5, 0.6) is 0 Å². The van der Waals surface area contributed by atoms with Gasteiger partial charge in [-0.05, 0) is 187 Å². The number of quaternary nitrogens is 1. The largest absolute Gasteiger partial charge is 0.342 e. The second kappa shape index (κ2) is 17.2. The minimum atomic E-state index is 0.300. The van der Waals surface area contributed by atoms with Gasteiger partial charge in [-0.1, -0.05) is 80.1 Å². The fourth-order valence-corrected chi connectivity index (χ4v) is 15.4. The summed E-state index contributed by atoms with van der Waals surface area (Å²) in [5.41, 5.74) is 17.5. The maximum absolute atomic E-state index is 9.72. The predicted octanol–water partition coefficient (Wildman–Crippen LogP) is 11.9. The van der Waals surface area contributed by atoms with Crippen molar-refractivity contribution in [2.45, 2.75) is 192 Å². The third-order valence-electron chi connectivity index (χ3n) is 17.9. The minimum Gasteiger partial charge on any atom is -0.342 e. The third-order valence-corrected chi connectivity index (χ3v) is 17.9. The van der Waals surface area contributed by atoms with Crippen LogP contribution in [0.15, 0.2) is 47.1 Å². The second-order valence-corrected chi connectivity index (χ2v) is 20.7. The Morgan fingerprint density at radius 3 is 2.30 bits per heavy atom. The summed E-state index contributed by atoms with van der Waals surface area (Å²) >= 11 is 0. The average Bonchev–Trinajstić information content (AvgIpc) is 3.79. The van der Waals surface area contributed by atoms with Gasteiger partial charge in [0.25, 0.3) is 0 Å². The summed E-state index contributed by atoms with van der Waals surface area (Å²) in [4.78, 5) is 2.98. The molecular weight excluding hydrogens is 693 g/mol. The van der Waals surface area contributed by atoms with Crippen molar-refractivity contribution in [2.75, 3.05) is 0 Å². The van der Waals surface area contributed by atoms with Gasteiger partial charge in [-0.15, -0.1) is 0 Å². The van der Waals surface area contributed by atoms with Gasteiger partial charge in [0.15, 0.2) is 0 Å². The van der Waals surface area contributed by atoms with Crippen LogP contribution in [0, 0.1) is 58.7 Å². The monoisotopic (exact) mass is 768 g/mol. The lowest BCUT2D eigenvalue weighted by atomic mass is 9.59. The van der Waals surface area contributed by atoms with E-state index in [2.05, 4.69) is 58.2 Å². The van der Waals surface area contributed by atoms with Crippen LogP contribution in [0.25, 0.3) is 12.3 Å². The van der Waals surface area contributed by atoms with Crippen molar-refractivity contribution in [1.29, 1.82) is 5.26 Å². The number of rotatable bonds is 8. The zero-order valence-corrected chi connectivity index (χ0v) is 35.5. The molecule has 1 aromatic rings. The van der Waals surface area contributed by atoms with Gasteiger partial charge in [-0.2, -0.15) is 5.26 Å². The highest BCUT2D eigenvalue weighted by atomic mass is 15.3. The molecule has 0 amide bonds. The summed E-state index contributed by atoms with van der Waals surface area (Å²) in [6, 6.07) is 3.84. The number of hydrogen-bond donors (Lipinski definition) is 1. The second-order valence-electron chi connectivity index (χ2n) is 20.7. The minimum absolute atomic E-state index is 0.300. The first-order chi connectivity index (χ1) is 28.2. The lowest BCUT2D eigenvalue weighted by Gasteiger charge is -2.47. The van der Waals surface area contributed by atoms with Crippen molar-refractivity contribution in [3.8, 4) is 6.07 Å². The molecule has 8 aliphatic carbocycles. The van der Waals surface area contributed by atoms with Gasteiger partial charge in [0.2, 0.25) is 0 Å². The fraction of sp³-hybridized carbons (Fsp3) is 0.717. The molecule has 9 atom stereocenters. The molecule has 5 fully saturated rings. The number of fused-ring (bicyclic) bond motifs is 6. The van der Waals surface area contributed by atoms with E-state index in [1.807, 2.05) is 11.1 Å². The predicted molar refractivity (Wildman–Crippen MR) is 235 cm³/mol. The van der Waals surface area contributed by atoms with Crippen LogP contribution in [-0.4, -0.2) is 27.7 Å². The average molecular weight is 768 g/mol. The number of nitrogens with zero attached hydrogens (tertiary/aromatic N) is 3. The van der Waals surface area contributed by atoms with Gasteiger partial charge < -0.3 is 10.3 Å². The molecule has 9 aliphatic rings. The summed E-state index contributed by atoms with van der Waals surface area (Å²) in [5, 5.41) is 9.72. The van der Waals surface area contributed by atoms with Crippen LogP contribution >= 0.6 is 0 Å². The zero-order valence-electron chi connectivity index (χ0n) is 35.5. The van der Waals surface area contributed by atoms with Gasteiger partial charge in [0.1, 0.15) is 6.17 Å². The molecule has 306 valence electrons. The number of nitriles is 1. The Morgan fingerprint density at radius 2 is 1.44 bits per heavy atom. The molecule has 1 aromatic heterocycles. The van der Waals surface area contributed by atoms with E-state index in [0.29, 0.717) is 36.0 Å². The maximum Gasteiger partial charge on any atom is 0.145 e. The summed E-state index contributed by atoms with van der Waals surface area (Å²) in [6.45, 7) is 0. The van der Waals surface area contributed by atoms with E-state index in [9.17, 15) is 5.26 Å². The molecule has 1 aliphatic heterocycles. The van der Waals surface area contributed by atoms with E-state index in [1.54, 1.807) is 22.4 Å². The van der Waals surface area contributed by atoms with E-state index in [1.165, 1.54) is 160 Å². The molecule has 2 heterocycles. The molecule has 1 saturated heterocycles. The van der Waals surface area contributed by atoms with E-state index < -0.39 is 0 Å². The Balaban J connectivity index is 1.03. The first-order valence-corrected chi connectivity index (χ1v) is 24.9. The molecule has 4 nitrogen and oxygen atoms in total. The normalized spacial score (nSPS) is 37.6. The molecule has 10 rings (SSSR count). The molecule has 3 N–H and O–H groups in total. The van der Waals surface area contributed by atoms with Crippen LogP contribution in [0.2, 0.25) is 0 Å². The van der Waals surface area contributed by atoms with Crippen LogP contribution < -0.4 is 5.73 Å². The molecule has 0 spiro atoms. The van der Waals surface area contributed by atoms with E-state index in [0.717, 1.165) is 48.9 Å². The van der Waals surface area contributed by atoms with Gasteiger partial charge in [-0.3, -0.25) is 0 Å². The van der Waals surface area contributed by atoms with Crippen molar-refractivity contribution in [2.24, 2.45) is 47.3 Å². The van der Waals surface area contributed by atoms with E-state index in [4.69, 9.17) is 5.73 Å². The van der Waals surface area contributed by atoms with Crippen molar-refractivity contribution < 1.29 is 5.73 Å². The summed E-state index contributed by atoms with van der Waals surface area (Å²) in [7, 11) is 0. The molecule has 57 heavy (non-hydrogen) atoms. The Hall–Kier alpha value is -2.61. The van der Waals surface area contributed by atoms with Crippen LogP contribution in [0.1, 0.15) is 177 Å². The first-order valence-electron chi connectivity index (χ1n) is 24.9. The van der Waals surface area contributed by atoms with Gasteiger partial charge in [0.05, 0.1) is 6.07 Å². The SMILES string of the molecule is N#CC1CCC(C2=C(C3CCCCC3C3CCCCC3C(=Cn3c4c(c5c3CCCC5)CCC=C4)CC([NH3+])N3C4C=CC=CC4C4CCCCC43)CCCC2)CC1. The third kappa shape index (κ3) is 7.36. The topological polar surface area (TPSA) is 59.6 Å². The van der Waals surface area contributed by atoms with Crippen molar-refractivity contribution >= 4 is 12.3 Å². The zero-order chi connectivity index (χ0) is 38.3.